The van der Waals surface area contributed by atoms with E-state index in [1.165, 1.54) is 18.3 Å². The zero-order valence-electron chi connectivity index (χ0n) is 21.6. The van der Waals surface area contributed by atoms with E-state index in [4.69, 9.17) is 4.42 Å². The van der Waals surface area contributed by atoms with Crippen LogP contribution in [0.15, 0.2) is 76.2 Å². The summed E-state index contributed by atoms with van der Waals surface area (Å²) in [6, 6.07) is 18.2. The van der Waals surface area contributed by atoms with E-state index in [1.807, 2.05) is 32.0 Å². The maximum atomic E-state index is 12.9. The molecule has 38 heavy (non-hydrogen) atoms. The molecule has 1 aromatic heterocycles. The number of nitro benzene ring substituents is 1. The van der Waals surface area contributed by atoms with Gasteiger partial charge in [-0.2, -0.15) is 5.10 Å². The van der Waals surface area contributed by atoms with Gasteiger partial charge < -0.3 is 9.73 Å². The fraction of sp³-hybridized carbons (Fsp3) is 0.321. The lowest BCUT2D eigenvalue weighted by atomic mass is 10.1. The Morgan fingerprint density at radius 2 is 1.74 bits per heavy atom. The highest BCUT2D eigenvalue weighted by molar-refractivity contribution is 5.94. The molecule has 2 aromatic carbocycles. The Morgan fingerprint density at radius 3 is 2.39 bits per heavy atom. The summed E-state index contributed by atoms with van der Waals surface area (Å²) in [5, 5.41) is 17.8. The molecule has 10 heteroatoms. The van der Waals surface area contributed by atoms with Crippen LogP contribution in [0.25, 0.3) is 11.3 Å². The summed E-state index contributed by atoms with van der Waals surface area (Å²) >= 11 is 0. The SMILES string of the molecule is CCN(CC)C(CCCCNC(=O)c1ccccc1)C(=O)NN=Cc1ccc(-c2ccc([N+](=O)[O-])cc2)o1. The minimum atomic E-state index is -0.456. The number of rotatable bonds is 14. The summed E-state index contributed by atoms with van der Waals surface area (Å²) in [6.45, 7) is 6.00. The van der Waals surface area contributed by atoms with Crippen molar-refractivity contribution < 1.29 is 18.9 Å². The number of non-ortho nitro benzene ring substituents is 1. The van der Waals surface area contributed by atoms with Crippen molar-refractivity contribution in [3.8, 4) is 11.3 Å². The Balaban J connectivity index is 1.50. The number of hydrogen-bond donors (Lipinski definition) is 2. The zero-order chi connectivity index (χ0) is 27.3. The standard InChI is InChI=1S/C28H33N5O5/c1-3-32(4-2)25(12-8-9-19-29-27(34)22-10-6-5-7-11-22)28(35)31-30-20-24-17-18-26(38-24)21-13-15-23(16-14-21)33(36)37/h5-7,10-11,13-18,20,25H,3-4,8-9,12,19H2,1-2H3,(H,29,34)(H,31,35). The lowest BCUT2D eigenvalue weighted by molar-refractivity contribution is -0.384. The minimum Gasteiger partial charge on any atom is -0.455 e. The number of amides is 2. The van der Waals surface area contributed by atoms with Crippen LogP contribution >= 0.6 is 0 Å². The number of hydrazone groups is 1. The molecule has 0 spiro atoms. The molecule has 200 valence electrons. The Hall–Kier alpha value is -4.31. The molecular weight excluding hydrogens is 486 g/mol. The number of benzene rings is 2. The Morgan fingerprint density at radius 1 is 1.03 bits per heavy atom. The Bertz CT molecular complexity index is 1220. The van der Waals surface area contributed by atoms with Crippen LogP contribution < -0.4 is 10.7 Å². The molecule has 0 aliphatic rings. The molecule has 0 aliphatic carbocycles. The summed E-state index contributed by atoms with van der Waals surface area (Å²) < 4.78 is 5.73. The van der Waals surface area contributed by atoms with Crippen LogP contribution in [0.3, 0.4) is 0 Å². The molecule has 1 heterocycles. The number of carbonyl (C=O) groups is 2. The lowest BCUT2D eigenvalue weighted by Gasteiger charge is -2.27. The van der Waals surface area contributed by atoms with Crippen molar-refractivity contribution in [3.63, 3.8) is 0 Å². The summed E-state index contributed by atoms with van der Waals surface area (Å²) in [4.78, 5) is 37.6. The van der Waals surface area contributed by atoms with E-state index in [1.54, 1.807) is 36.4 Å². The molecule has 0 radical (unpaired) electrons. The van der Waals surface area contributed by atoms with E-state index < -0.39 is 4.92 Å². The van der Waals surface area contributed by atoms with Crippen LogP contribution in [0.4, 0.5) is 5.69 Å². The monoisotopic (exact) mass is 519 g/mol. The van der Waals surface area contributed by atoms with Crippen LogP contribution in [-0.4, -0.2) is 53.5 Å². The van der Waals surface area contributed by atoms with Crippen molar-refractivity contribution in [1.29, 1.82) is 0 Å². The predicted octanol–water partition coefficient (Wildman–Crippen LogP) is 4.62. The number of carbonyl (C=O) groups excluding carboxylic acids is 2. The van der Waals surface area contributed by atoms with Crippen molar-refractivity contribution in [3.05, 3.63) is 88.2 Å². The fourth-order valence-corrected chi connectivity index (χ4v) is 4.06. The van der Waals surface area contributed by atoms with E-state index in [0.29, 0.717) is 35.6 Å². The first-order chi connectivity index (χ1) is 18.4. The Labute approximate surface area is 221 Å². The molecule has 0 bridgehead atoms. The Kier molecular flexibility index (Phi) is 10.7. The second-order valence-corrected chi connectivity index (χ2v) is 8.59. The highest BCUT2D eigenvalue weighted by atomic mass is 16.6. The molecule has 1 unspecified atom stereocenters. The minimum absolute atomic E-state index is 0.00416. The maximum Gasteiger partial charge on any atom is 0.269 e. The quantitative estimate of drug-likeness (QED) is 0.138. The number of furan rings is 1. The van der Waals surface area contributed by atoms with Crippen molar-refractivity contribution in [2.45, 2.75) is 39.2 Å². The van der Waals surface area contributed by atoms with Gasteiger partial charge >= 0.3 is 0 Å². The summed E-state index contributed by atoms with van der Waals surface area (Å²) in [5.74, 6) is 0.660. The lowest BCUT2D eigenvalue weighted by Crippen LogP contribution is -2.45. The third kappa shape index (κ3) is 8.10. The number of hydrogen-bond acceptors (Lipinski definition) is 7. The normalized spacial score (nSPS) is 12.0. The average molecular weight is 520 g/mol. The third-order valence-corrected chi connectivity index (χ3v) is 6.14. The number of likely N-dealkylation sites (N-methyl/N-ethyl adjacent to an activating group) is 1. The van der Waals surface area contributed by atoms with Crippen LogP contribution in [0, 0.1) is 10.1 Å². The van der Waals surface area contributed by atoms with Gasteiger partial charge in [-0.25, -0.2) is 5.43 Å². The zero-order valence-corrected chi connectivity index (χ0v) is 21.6. The molecule has 0 aliphatic heterocycles. The summed E-state index contributed by atoms with van der Waals surface area (Å²) in [7, 11) is 0. The van der Waals surface area contributed by atoms with Gasteiger partial charge in [0.1, 0.15) is 11.5 Å². The number of unbranched alkanes of at least 4 members (excludes halogenated alkanes) is 1. The topological polar surface area (TPSA) is 130 Å². The van der Waals surface area contributed by atoms with Gasteiger partial charge in [0.05, 0.1) is 17.2 Å². The van der Waals surface area contributed by atoms with Gasteiger partial charge in [0.25, 0.3) is 17.5 Å². The molecule has 0 fully saturated rings. The third-order valence-electron chi connectivity index (χ3n) is 6.14. The summed E-state index contributed by atoms with van der Waals surface area (Å²) in [5.41, 5.74) is 3.94. The second kappa shape index (κ2) is 14.4. The molecule has 0 saturated carbocycles. The van der Waals surface area contributed by atoms with Crippen LogP contribution in [0.5, 0.6) is 0 Å². The highest BCUT2D eigenvalue weighted by Gasteiger charge is 2.23. The summed E-state index contributed by atoms with van der Waals surface area (Å²) in [6.07, 6.45) is 3.58. The highest BCUT2D eigenvalue weighted by Crippen LogP contribution is 2.24. The van der Waals surface area contributed by atoms with Gasteiger partial charge in [-0.3, -0.25) is 24.6 Å². The van der Waals surface area contributed by atoms with E-state index in [-0.39, 0.29) is 23.5 Å². The van der Waals surface area contributed by atoms with Crippen LogP contribution in [-0.2, 0) is 4.79 Å². The van der Waals surface area contributed by atoms with Gasteiger partial charge in [0, 0.05) is 29.8 Å². The number of nitrogens with one attached hydrogen (secondary N) is 2. The largest absolute Gasteiger partial charge is 0.455 e. The van der Waals surface area contributed by atoms with Gasteiger partial charge in [0.15, 0.2) is 0 Å². The number of nitrogens with zero attached hydrogens (tertiary/aromatic N) is 3. The predicted molar refractivity (Wildman–Crippen MR) is 146 cm³/mol. The maximum absolute atomic E-state index is 12.9. The molecular formula is C28H33N5O5. The first-order valence-electron chi connectivity index (χ1n) is 12.7. The van der Waals surface area contributed by atoms with Crippen molar-refractivity contribution >= 4 is 23.7 Å². The fourth-order valence-electron chi connectivity index (χ4n) is 4.06. The molecule has 2 N–H and O–H groups in total. The van der Waals surface area contributed by atoms with Gasteiger partial charge in [-0.15, -0.1) is 0 Å². The molecule has 3 aromatic rings. The second-order valence-electron chi connectivity index (χ2n) is 8.59. The molecule has 2 amide bonds. The first kappa shape index (κ1) is 28.3. The van der Waals surface area contributed by atoms with Crippen molar-refractivity contribution in [1.82, 2.24) is 15.6 Å². The number of nitro groups is 1. The van der Waals surface area contributed by atoms with E-state index >= 15 is 0 Å². The van der Waals surface area contributed by atoms with Crippen LogP contribution in [0.2, 0.25) is 0 Å². The van der Waals surface area contributed by atoms with E-state index in [0.717, 1.165) is 25.9 Å². The van der Waals surface area contributed by atoms with E-state index in [9.17, 15) is 19.7 Å². The van der Waals surface area contributed by atoms with Gasteiger partial charge in [-0.05, 0) is 68.8 Å². The van der Waals surface area contributed by atoms with Crippen LogP contribution in [0.1, 0.15) is 49.2 Å². The van der Waals surface area contributed by atoms with E-state index in [2.05, 4.69) is 20.7 Å². The molecule has 10 nitrogen and oxygen atoms in total. The first-order valence-corrected chi connectivity index (χ1v) is 12.7. The molecule has 1 atom stereocenters. The molecule has 3 rings (SSSR count). The average Bonchev–Trinajstić information content (AvgIpc) is 3.41. The molecule has 0 saturated heterocycles. The van der Waals surface area contributed by atoms with Gasteiger partial charge in [-0.1, -0.05) is 32.0 Å². The van der Waals surface area contributed by atoms with Crippen molar-refractivity contribution in [2.75, 3.05) is 19.6 Å². The van der Waals surface area contributed by atoms with Gasteiger partial charge in [0.2, 0.25) is 0 Å². The smallest absolute Gasteiger partial charge is 0.269 e. The van der Waals surface area contributed by atoms with Crippen molar-refractivity contribution in [2.24, 2.45) is 5.10 Å².